The Morgan fingerprint density at radius 2 is 1.76 bits per heavy atom. The molecule has 41 heavy (non-hydrogen) atoms. The van der Waals surface area contributed by atoms with Crippen molar-refractivity contribution in [1.29, 1.82) is 0 Å². The number of amides is 1. The van der Waals surface area contributed by atoms with Gasteiger partial charge >= 0.3 is 5.97 Å². The molecule has 0 spiro atoms. The van der Waals surface area contributed by atoms with Crippen LogP contribution in [0.25, 0.3) is 10.9 Å². The molecule has 3 N–H and O–H groups in total. The molecule has 9 heteroatoms. The second-order valence-electron chi connectivity index (χ2n) is 12.3. The molecule has 1 heterocycles. The lowest BCUT2D eigenvalue weighted by Crippen LogP contribution is -2.43. The normalized spacial score (nSPS) is 13.0. The van der Waals surface area contributed by atoms with E-state index in [4.69, 9.17) is 9.53 Å². The molecule has 224 valence electrons. The van der Waals surface area contributed by atoms with Gasteiger partial charge in [0.15, 0.2) is 8.32 Å². The molecule has 0 fully saturated rings. The van der Waals surface area contributed by atoms with Crippen LogP contribution in [-0.4, -0.2) is 66.4 Å². The monoisotopic (exact) mass is 597 g/mol. The first-order chi connectivity index (χ1) is 19.4. The summed E-state index contributed by atoms with van der Waals surface area (Å²) >= 11 is 1.35. The Morgan fingerprint density at radius 1 is 1.07 bits per heavy atom. The number of benzene rings is 2. The number of rotatable bonds is 16. The summed E-state index contributed by atoms with van der Waals surface area (Å²) in [6.45, 7) is 16.9. The summed E-state index contributed by atoms with van der Waals surface area (Å²) in [5, 5.41) is 13.4. The summed E-state index contributed by atoms with van der Waals surface area (Å²) in [5.41, 5.74) is 4.77. The fourth-order valence-corrected chi connectivity index (χ4v) is 6.14. The van der Waals surface area contributed by atoms with Crippen molar-refractivity contribution in [2.24, 2.45) is 5.92 Å². The summed E-state index contributed by atoms with van der Waals surface area (Å²) in [5.74, 6) is -0.687. The smallest absolute Gasteiger partial charge is 0.307 e. The number of aliphatic carboxylic acids is 1. The van der Waals surface area contributed by atoms with Gasteiger partial charge in [0.1, 0.15) is 0 Å². The minimum Gasteiger partial charge on any atom is -0.481 e. The lowest BCUT2D eigenvalue weighted by atomic mass is 10.1. The highest BCUT2D eigenvalue weighted by atomic mass is 32.2. The lowest BCUT2D eigenvalue weighted by Gasteiger charge is -2.37. The number of para-hydroxylation sites is 1. The van der Waals surface area contributed by atoms with E-state index in [0.717, 1.165) is 38.2 Å². The van der Waals surface area contributed by atoms with Gasteiger partial charge in [0, 0.05) is 55.6 Å². The average Bonchev–Trinajstić information content (AvgIpc) is 3.33. The summed E-state index contributed by atoms with van der Waals surface area (Å²) in [7, 11) is -1.82. The number of thioether (sulfide) groups is 1. The van der Waals surface area contributed by atoms with Crippen molar-refractivity contribution in [3.63, 3.8) is 0 Å². The Balaban J connectivity index is 1.56. The van der Waals surface area contributed by atoms with Crippen molar-refractivity contribution in [2.75, 3.05) is 31.2 Å². The Bertz CT molecular complexity index is 1270. The highest BCUT2D eigenvalue weighted by molar-refractivity contribution is 7.99. The fourth-order valence-electron chi connectivity index (χ4n) is 4.21. The number of carboxylic acids is 1. The summed E-state index contributed by atoms with van der Waals surface area (Å²) in [4.78, 5) is 29.0. The van der Waals surface area contributed by atoms with Crippen LogP contribution in [0.15, 0.2) is 54.7 Å². The second-order valence-corrected chi connectivity index (χ2v) is 18.2. The number of fused-ring (bicyclic) bond motifs is 1. The van der Waals surface area contributed by atoms with Crippen molar-refractivity contribution in [3.05, 3.63) is 71.4 Å². The number of aromatic nitrogens is 1. The molecular weight excluding hydrogens is 551 g/mol. The molecule has 1 aromatic heterocycles. The van der Waals surface area contributed by atoms with Crippen LogP contribution in [0.4, 0.5) is 0 Å². The largest absolute Gasteiger partial charge is 0.481 e. The maximum atomic E-state index is 12.2. The number of carbonyl (C=O) groups is 2. The molecule has 2 aromatic carbocycles. The first-order valence-corrected chi connectivity index (χ1v) is 18.5. The van der Waals surface area contributed by atoms with E-state index >= 15 is 0 Å². The predicted octanol–water partition coefficient (Wildman–Crippen LogP) is 6.30. The number of H-pyrrole nitrogens is 1. The van der Waals surface area contributed by atoms with Crippen LogP contribution in [-0.2, 0) is 33.5 Å². The number of carboxylic acid groups (broad SMARTS) is 1. The van der Waals surface area contributed by atoms with Crippen molar-refractivity contribution >= 4 is 42.9 Å². The van der Waals surface area contributed by atoms with E-state index in [1.807, 2.05) is 0 Å². The van der Waals surface area contributed by atoms with Crippen molar-refractivity contribution in [3.8, 4) is 0 Å². The third-order valence-corrected chi connectivity index (χ3v) is 13.7. The molecule has 7 nitrogen and oxygen atoms in total. The van der Waals surface area contributed by atoms with Gasteiger partial charge in [0.05, 0.1) is 11.7 Å². The number of hydrogen-bond acceptors (Lipinski definition) is 5. The van der Waals surface area contributed by atoms with Crippen LogP contribution in [0.2, 0.25) is 18.1 Å². The number of hydrogen-bond donors (Lipinski definition) is 3. The Hall–Kier alpha value is -2.59. The van der Waals surface area contributed by atoms with Gasteiger partial charge < -0.3 is 19.8 Å². The van der Waals surface area contributed by atoms with Crippen LogP contribution in [0.1, 0.15) is 44.4 Å². The minimum absolute atomic E-state index is 0.0816. The molecule has 3 rings (SSSR count). The topological polar surface area (TPSA) is 94.7 Å². The second kappa shape index (κ2) is 15.0. The van der Waals surface area contributed by atoms with Crippen LogP contribution < -0.4 is 5.32 Å². The molecule has 0 saturated heterocycles. The van der Waals surface area contributed by atoms with Gasteiger partial charge in [-0.05, 0) is 47.3 Å². The molecule has 0 radical (unpaired) electrons. The maximum absolute atomic E-state index is 12.2. The highest BCUT2D eigenvalue weighted by Crippen LogP contribution is 2.36. The van der Waals surface area contributed by atoms with Gasteiger partial charge in [0.25, 0.3) is 0 Å². The molecule has 0 aliphatic carbocycles. The fraction of sp³-hybridized carbons (Fsp3) is 0.500. The van der Waals surface area contributed by atoms with E-state index < -0.39 is 20.2 Å². The quantitative estimate of drug-likeness (QED) is 0.168. The number of nitrogens with one attached hydrogen (secondary N) is 2. The first-order valence-electron chi connectivity index (χ1n) is 14.4. The van der Waals surface area contributed by atoms with Gasteiger partial charge in [-0.2, -0.15) is 11.8 Å². The average molecular weight is 598 g/mol. The third kappa shape index (κ3) is 10.3. The van der Waals surface area contributed by atoms with E-state index in [2.05, 4.69) is 104 Å². The SMILES string of the molecule is CC(CSCC(=O)NCc1ccc(CN(CCO[Si](C)(C)C(C)(C)C)CCc2c[nH]c3ccccc23)cc1)C(=O)O. The molecule has 3 aromatic rings. The van der Waals surface area contributed by atoms with Crippen LogP contribution in [0, 0.1) is 5.92 Å². The van der Waals surface area contributed by atoms with E-state index in [9.17, 15) is 9.59 Å². The Labute approximate surface area is 250 Å². The molecule has 1 amide bonds. The van der Waals surface area contributed by atoms with Gasteiger partial charge in [-0.3, -0.25) is 14.5 Å². The zero-order valence-corrected chi connectivity index (χ0v) is 27.3. The van der Waals surface area contributed by atoms with E-state index in [-0.39, 0.29) is 16.7 Å². The zero-order valence-electron chi connectivity index (χ0n) is 25.5. The third-order valence-electron chi connectivity index (χ3n) is 7.99. The van der Waals surface area contributed by atoms with Crippen LogP contribution in [0.5, 0.6) is 0 Å². The summed E-state index contributed by atoms with van der Waals surface area (Å²) < 4.78 is 6.52. The maximum Gasteiger partial charge on any atom is 0.307 e. The molecule has 1 atom stereocenters. The highest BCUT2D eigenvalue weighted by Gasteiger charge is 2.37. The van der Waals surface area contributed by atoms with Crippen molar-refractivity contribution in [2.45, 2.75) is 65.3 Å². The Morgan fingerprint density at radius 3 is 2.44 bits per heavy atom. The van der Waals surface area contributed by atoms with E-state index in [1.165, 1.54) is 33.8 Å². The summed E-state index contributed by atoms with van der Waals surface area (Å²) in [6, 6.07) is 16.9. The first kappa shape index (κ1) is 32.9. The minimum atomic E-state index is -1.82. The standard InChI is InChI=1S/C32H47N3O4SSi/c1-24(31(37)38)22-40-23-30(36)34-19-25-11-13-26(14-12-25)21-35(17-18-39-41(5,6)32(2,3)4)16-15-27-20-33-29-10-8-7-9-28(27)29/h7-14,20,24,33H,15-19,21-23H2,1-6H3,(H,34,36)(H,37,38). The molecule has 0 saturated carbocycles. The number of carbonyl (C=O) groups excluding carboxylic acids is 1. The van der Waals surface area contributed by atoms with Crippen LogP contribution >= 0.6 is 11.8 Å². The van der Waals surface area contributed by atoms with Gasteiger partial charge in [-0.25, -0.2) is 0 Å². The molecule has 1 unspecified atom stereocenters. The van der Waals surface area contributed by atoms with Gasteiger partial charge in [0.2, 0.25) is 5.91 Å². The zero-order chi connectivity index (χ0) is 30.0. The van der Waals surface area contributed by atoms with Gasteiger partial charge in [-0.1, -0.05) is 70.2 Å². The molecule has 0 bridgehead atoms. The van der Waals surface area contributed by atoms with Crippen molar-refractivity contribution < 1.29 is 19.1 Å². The molecule has 0 aliphatic heterocycles. The van der Waals surface area contributed by atoms with E-state index in [1.54, 1.807) is 6.92 Å². The number of nitrogens with zero attached hydrogens (tertiary/aromatic N) is 1. The van der Waals surface area contributed by atoms with Gasteiger partial charge in [-0.15, -0.1) is 0 Å². The Kier molecular flexibility index (Phi) is 12.1. The van der Waals surface area contributed by atoms with Crippen molar-refractivity contribution in [1.82, 2.24) is 15.2 Å². The predicted molar refractivity (Wildman–Crippen MR) is 173 cm³/mol. The summed E-state index contributed by atoms with van der Waals surface area (Å²) in [6.07, 6.45) is 3.08. The van der Waals surface area contributed by atoms with E-state index in [0.29, 0.717) is 12.3 Å². The number of aromatic amines is 1. The van der Waals surface area contributed by atoms with Crippen LogP contribution in [0.3, 0.4) is 0 Å². The molecule has 0 aliphatic rings. The molecular formula is C32H47N3O4SSi. The lowest BCUT2D eigenvalue weighted by molar-refractivity contribution is -0.140.